The van der Waals surface area contributed by atoms with E-state index in [2.05, 4.69) is 27.0 Å². The second-order valence-electron chi connectivity index (χ2n) is 6.26. The molecule has 1 saturated heterocycles. The number of nitrogens with zero attached hydrogens (tertiary/aromatic N) is 3. The summed E-state index contributed by atoms with van der Waals surface area (Å²) in [4.78, 5) is 23.3. The number of likely N-dealkylation sites (tertiary alicyclic amines) is 1. The number of thiazole rings is 1. The molecular formula is C18H23N3OS. The molecule has 0 unspecified atom stereocenters. The van der Waals surface area contributed by atoms with Crippen molar-refractivity contribution in [3.05, 3.63) is 45.7 Å². The van der Waals surface area contributed by atoms with Crippen molar-refractivity contribution in [3.63, 3.8) is 0 Å². The topological polar surface area (TPSA) is 46.1 Å². The Morgan fingerprint density at radius 3 is 3.04 bits per heavy atom. The molecule has 3 heterocycles. The van der Waals surface area contributed by atoms with Crippen molar-refractivity contribution in [2.45, 2.75) is 52.0 Å². The Morgan fingerprint density at radius 2 is 2.30 bits per heavy atom. The normalized spacial score (nSPS) is 17.7. The number of hydrogen-bond acceptors (Lipinski definition) is 4. The number of aromatic nitrogens is 2. The maximum atomic E-state index is 12.6. The molecular weight excluding hydrogens is 306 g/mol. The molecule has 0 aromatic carbocycles. The number of carbonyl (C=O) groups excluding carboxylic acids is 1. The molecule has 4 nitrogen and oxygen atoms in total. The van der Waals surface area contributed by atoms with E-state index < -0.39 is 0 Å². The fourth-order valence-corrected chi connectivity index (χ4v) is 3.92. The first-order valence-corrected chi connectivity index (χ1v) is 9.12. The average Bonchev–Trinajstić information content (AvgIpc) is 3.14. The first-order valence-electron chi connectivity index (χ1n) is 8.24. The van der Waals surface area contributed by atoms with Crippen LogP contribution in [-0.2, 0) is 17.6 Å². The van der Waals surface area contributed by atoms with Crippen LogP contribution in [0.15, 0.2) is 23.7 Å². The Labute approximate surface area is 141 Å². The van der Waals surface area contributed by atoms with Gasteiger partial charge in [0, 0.05) is 29.9 Å². The molecule has 1 aliphatic heterocycles. The van der Waals surface area contributed by atoms with Gasteiger partial charge in [0.15, 0.2) is 0 Å². The zero-order chi connectivity index (χ0) is 16.2. The first kappa shape index (κ1) is 16.1. The quantitative estimate of drug-likeness (QED) is 0.845. The monoisotopic (exact) mass is 329 g/mol. The molecule has 0 aliphatic carbocycles. The number of pyridine rings is 1. The number of hydrogen-bond donors (Lipinski definition) is 0. The lowest BCUT2D eigenvalue weighted by Gasteiger charge is -2.24. The van der Waals surface area contributed by atoms with E-state index in [1.54, 1.807) is 11.3 Å². The van der Waals surface area contributed by atoms with Crippen LogP contribution in [0.4, 0.5) is 0 Å². The molecule has 3 rings (SSSR count). The van der Waals surface area contributed by atoms with Crippen molar-refractivity contribution in [2.24, 2.45) is 0 Å². The molecule has 1 atom stereocenters. The van der Waals surface area contributed by atoms with Gasteiger partial charge >= 0.3 is 0 Å². The maximum Gasteiger partial charge on any atom is 0.228 e. The fraction of sp³-hybridized carbons (Fsp3) is 0.500. The van der Waals surface area contributed by atoms with Gasteiger partial charge in [-0.1, -0.05) is 0 Å². The number of amides is 1. The number of rotatable bonds is 5. The van der Waals surface area contributed by atoms with Gasteiger partial charge < -0.3 is 4.90 Å². The van der Waals surface area contributed by atoms with Crippen LogP contribution in [0.1, 0.15) is 41.2 Å². The Bertz CT molecular complexity index is 682. The molecule has 0 N–H and O–H groups in total. The lowest BCUT2D eigenvalue weighted by Crippen LogP contribution is -2.36. The Kier molecular flexibility index (Phi) is 5.06. The smallest absolute Gasteiger partial charge is 0.228 e. The van der Waals surface area contributed by atoms with E-state index in [1.807, 2.05) is 25.4 Å². The van der Waals surface area contributed by atoms with Crippen LogP contribution in [0.25, 0.3) is 0 Å². The van der Waals surface area contributed by atoms with E-state index in [1.165, 1.54) is 5.56 Å². The van der Waals surface area contributed by atoms with Crippen molar-refractivity contribution < 1.29 is 4.79 Å². The van der Waals surface area contributed by atoms with Crippen LogP contribution in [-0.4, -0.2) is 33.4 Å². The standard InChI is InChI=1S/C18H23N3OS/c1-13-10-15(7-8-19-13)5-6-17-4-3-9-21(17)18(22)11-16-12-23-14(2)20-16/h7-8,10,12,17H,3-6,9,11H2,1-2H3/t17-/m1/s1. The Hall–Kier alpha value is -1.75. The Balaban J connectivity index is 1.57. The molecule has 0 bridgehead atoms. The highest BCUT2D eigenvalue weighted by molar-refractivity contribution is 7.09. The molecule has 5 heteroatoms. The lowest BCUT2D eigenvalue weighted by molar-refractivity contribution is -0.131. The maximum absolute atomic E-state index is 12.6. The summed E-state index contributed by atoms with van der Waals surface area (Å²) in [5, 5.41) is 3.02. The summed E-state index contributed by atoms with van der Waals surface area (Å²) in [5.41, 5.74) is 3.28. The van der Waals surface area contributed by atoms with Gasteiger partial charge in [0.1, 0.15) is 0 Å². The Morgan fingerprint density at radius 1 is 1.43 bits per heavy atom. The van der Waals surface area contributed by atoms with Crippen molar-refractivity contribution in [1.82, 2.24) is 14.9 Å². The van der Waals surface area contributed by atoms with Crippen molar-refractivity contribution in [1.29, 1.82) is 0 Å². The molecule has 0 spiro atoms. The van der Waals surface area contributed by atoms with E-state index in [4.69, 9.17) is 0 Å². The van der Waals surface area contributed by atoms with Crippen molar-refractivity contribution in [3.8, 4) is 0 Å². The highest BCUT2D eigenvalue weighted by atomic mass is 32.1. The van der Waals surface area contributed by atoms with E-state index in [-0.39, 0.29) is 5.91 Å². The van der Waals surface area contributed by atoms with E-state index >= 15 is 0 Å². The van der Waals surface area contributed by atoms with Gasteiger partial charge in [-0.15, -0.1) is 11.3 Å². The van der Waals surface area contributed by atoms with E-state index in [0.29, 0.717) is 12.5 Å². The summed E-state index contributed by atoms with van der Waals surface area (Å²) in [7, 11) is 0. The van der Waals surface area contributed by atoms with Crippen LogP contribution in [0.3, 0.4) is 0 Å². The summed E-state index contributed by atoms with van der Waals surface area (Å²) in [6.45, 7) is 4.89. The minimum atomic E-state index is 0.226. The molecule has 23 heavy (non-hydrogen) atoms. The van der Waals surface area contributed by atoms with Gasteiger partial charge in [-0.3, -0.25) is 9.78 Å². The fourth-order valence-electron chi connectivity index (χ4n) is 3.30. The highest BCUT2D eigenvalue weighted by Gasteiger charge is 2.28. The number of aryl methyl sites for hydroxylation is 3. The molecule has 2 aromatic rings. The first-order chi connectivity index (χ1) is 11.1. The molecule has 0 radical (unpaired) electrons. The predicted octanol–water partition coefficient (Wildman–Crippen LogP) is 3.32. The summed E-state index contributed by atoms with van der Waals surface area (Å²) in [6.07, 6.45) is 6.58. The van der Waals surface area contributed by atoms with Gasteiger partial charge in [0.2, 0.25) is 5.91 Å². The minimum absolute atomic E-state index is 0.226. The summed E-state index contributed by atoms with van der Waals surface area (Å²) < 4.78 is 0. The zero-order valence-corrected chi connectivity index (χ0v) is 14.6. The van der Waals surface area contributed by atoms with Gasteiger partial charge in [0.05, 0.1) is 17.1 Å². The predicted molar refractivity (Wildman–Crippen MR) is 92.6 cm³/mol. The van der Waals surface area contributed by atoms with Gasteiger partial charge in [-0.25, -0.2) is 4.98 Å². The third kappa shape index (κ3) is 4.16. The van der Waals surface area contributed by atoms with Crippen molar-refractivity contribution >= 4 is 17.2 Å². The molecule has 1 aliphatic rings. The molecule has 122 valence electrons. The third-order valence-corrected chi connectivity index (χ3v) is 5.25. The lowest BCUT2D eigenvalue weighted by atomic mass is 10.0. The second kappa shape index (κ2) is 7.21. The van der Waals surface area contributed by atoms with Crippen LogP contribution in [0, 0.1) is 13.8 Å². The highest BCUT2D eigenvalue weighted by Crippen LogP contribution is 2.23. The summed E-state index contributed by atoms with van der Waals surface area (Å²) in [6, 6.07) is 4.58. The number of carbonyl (C=O) groups is 1. The second-order valence-corrected chi connectivity index (χ2v) is 7.32. The van der Waals surface area contributed by atoms with Crippen LogP contribution in [0.2, 0.25) is 0 Å². The zero-order valence-electron chi connectivity index (χ0n) is 13.8. The SMILES string of the molecule is Cc1cc(CC[C@H]2CCCN2C(=O)Cc2csc(C)n2)ccn1. The minimum Gasteiger partial charge on any atom is -0.339 e. The molecule has 0 saturated carbocycles. The molecule has 2 aromatic heterocycles. The van der Waals surface area contributed by atoms with Crippen LogP contribution in [0.5, 0.6) is 0 Å². The van der Waals surface area contributed by atoms with Crippen LogP contribution >= 0.6 is 11.3 Å². The summed E-state index contributed by atoms with van der Waals surface area (Å²) >= 11 is 1.61. The van der Waals surface area contributed by atoms with Crippen LogP contribution < -0.4 is 0 Å². The molecule has 1 fully saturated rings. The van der Waals surface area contributed by atoms with Gasteiger partial charge in [0.25, 0.3) is 0 Å². The van der Waals surface area contributed by atoms with Gasteiger partial charge in [-0.05, 0) is 57.2 Å². The van der Waals surface area contributed by atoms with E-state index in [0.717, 1.165) is 48.6 Å². The molecule has 1 amide bonds. The summed E-state index contributed by atoms with van der Waals surface area (Å²) in [5.74, 6) is 0.226. The van der Waals surface area contributed by atoms with E-state index in [9.17, 15) is 4.79 Å². The largest absolute Gasteiger partial charge is 0.339 e. The third-order valence-electron chi connectivity index (χ3n) is 4.42. The van der Waals surface area contributed by atoms with Crippen molar-refractivity contribution in [2.75, 3.05) is 6.54 Å². The van der Waals surface area contributed by atoms with Gasteiger partial charge in [-0.2, -0.15) is 0 Å². The average molecular weight is 329 g/mol.